The van der Waals surface area contributed by atoms with Crippen molar-refractivity contribution >= 4 is 11.6 Å². The van der Waals surface area contributed by atoms with E-state index in [0.717, 1.165) is 49.4 Å². The molecule has 2 rings (SSSR count). The minimum absolute atomic E-state index is 0.123. The average Bonchev–Trinajstić information content (AvgIpc) is 2.79. The topological polar surface area (TPSA) is 63.5 Å². The molecular formula is C26H35ClN2O3. The Balaban J connectivity index is 2.00. The maximum atomic E-state index is 10.2. The highest BCUT2D eigenvalue weighted by Crippen LogP contribution is 2.45. The van der Waals surface area contributed by atoms with Crippen molar-refractivity contribution in [3.8, 4) is 23.3 Å². The highest BCUT2D eigenvalue weighted by atomic mass is 35.5. The fourth-order valence-electron chi connectivity index (χ4n) is 4.08. The first-order chi connectivity index (χ1) is 15.4. The van der Waals surface area contributed by atoms with Gasteiger partial charge in [-0.15, -0.1) is 0 Å². The van der Waals surface area contributed by atoms with Crippen LogP contribution < -0.4 is 19.5 Å². The first kappa shape index (κ1) is 25.8. The zero-order valence-electron chi connectivity index (χ0n) is 19.8. The molecule has 0 saturated carbocycles. The van der Waals surface area contributed by atoms with Crippen molar-refractivity contribution in [3.05, 3.63) is 52.5 Å². The lowest BCUT2D eigenvalue weighted by Gasteiger charge is -2.32. The largest absolute Gasteiger partial charge is 0.493 e. The van der Waals surface area contributed by atoms with E-state index in [4.69, 9.17) is 25.8 Å². The summed E-state index contributed by atoms with van der Waals surface area (Å²) in [6.45, 7) is 5.96. The SMILES string of the molecule is COc1cc(C(C#N)(CCCNCCCc2cccc(Cl)c2)C(C)C)cc(OC)c1OC. The molecule has 6 heteroatoms. The summed E-state index contributed by atoms with van der Waals surface area (Å²) in [4.78, 5) is 0. The van der Waals surface area contributed by atoms with E-state index in [1.807, 2.05) is 30.3 Å². The zero-order valence-corrected chi connectivity index (χ0v) is 20.6. The Morgan fingerprint density at radius 3 is 2.19 bits per heavy atom. The van der Waals surface area contributed by atoms with Gasteiger partial charge in [0.25, 0.3) is 0 Å². The number of benzene rings is 2. The van der Waals surface area contributed by atoms with E-state index in [0.29, 0.717) is 17.2 Å². The molecule has 2 aromatic rings. The van der Waals surface area contributed by atoms with E-state index in [-0.39, 0.29) is 5.92 Å². The quantitative estimate of drug-likeness (QED) is 0.385. The molecule has 32 heavy (non-hydrogen) atoms. The number of nitrogens with one attached hydrogen (secondary N) is 1. The van der Waals surface area contributed by atoms with E-state index < -0.39 is 5.41 Å². The van der Waals surface area contributed by atoms with Gasteiger partial charge in [0.2, 0.25) is 5.75 Å². The summed E-state index contributed by atoms with van der Waals surface area (Å²) in [6, 6.07) is 14.4. The van der Waals surface area contributed by atoms with Gasteiger partial charge in [-0.3, -0.25) is 0 Å². The van der Waals surface area contributed by atoms with Crippen molar-refractivity contribution in [1.82, 2.24) is 5.32 Å². The van der Waals surface area contributed by atoms with Gasteiger partial charge in [0, 0.05) is 5.02 Å². The molecule has 1 atom stereocenters. The zero-order chi connectivity index (χ0) is 23.6. The molecule has 0 saturated heterocycles. The lowest BCUT2D eigenvalue weighted by Crippen LogP contribution is -2.32. The number of rotatable bonds is 13. The summed E-state index contributed by atoms with van der Waals surface area (Å²) < 4.78 is 16.5. The van der Waals surface area contributed by atoms with Crippen LogP contribution in [0.3, 0.4) is 0 Å². The van der Waals surface area contributed by atoms with Gasteiger partial charge < -0.3 is 19.5 Å². The molecule has 2 aromatic carbocycles. The van der Waals surface area contributed by atoms with Crippen LogP contribution in [0.1, 0.15) is 44.2 Å². The molecule has 0 spiro atoms. The van der Waals surface area contributed by atoms with Gasteiger partial charge in [0.05, 0.1) is 32.8 Å². The molecule has 1 N–H and O–H groups in total. The predicted octanol–water partition coefficient (Wildman–Crippen LogP) is 5.79. The van der Waals surface area contributed by atoms with Crippen LogP contribution in [-0.2, 0) is 11.8 Å². The molecule has 0 bridgehead atoms. The highest BCUT2D eigenvalue weighted by Gasteiger charge is 2.37. The molecule has 174 valence electrons. The van der Waals surface area contributed by atoms with Crippen molar-refractivity contribution in [2.75, 3.05) is 34.4 Å². The van der Waals surface area contributed by atoms with Gasteiger partial charge in [0.15, 0.2) is 11.5 Å². The molecule has 0 aliphatic heterocycles. The molecular weight excluding hydrogens is 424 g/mol. The second-order valence-corrected chi connectivity index (χ2v) is 8.68. The second-order valence-electron chi connectivity index (χ2n) is 8.24. The Labute approximate surface area is 197 Å². The molecule has 1 unspecified atom stereocenters. The van der Waals surface area contributed by atoms with Gasteiger partial charge in [0.1, 0.15) is 0 Å². The highest BCUT2D eigenvalue weighted by molar-refractivity contribution is 6.30. The first-order valence-corrected chi connectivity index (χ1v) is 11.5. The summed E-state index contributed by atoms with van der Waals surface area (Å²) >= 11 is 6.05. The third-order valence-electron chi connectivity index (χ3n) is 6.00. The first-order valence-electron chi connectivity index (χ1n) is 11.1. The third-order valence-corrected chi connectivity index (χ3v) is 6.23. The van der Waals surface area contributed by atoms with Crippen LogP contribution in [0.4, 0.5) is 0 Å². The van der Waals surface area contributed by atoms with Crippen LogP contribution in [0.5, 0.6) is 17.2 Å². The minimum Gasteiger partial charge on any atom is -0.493 e. The van der Waals surface area contributed by atoms with Crippen molar-refractivity contribution in [2.45, 2.75) is 44.9 Å². The van der Waals surface area contributed by atoms with E-state index in [1.165, 1.54) is 5.56 Å². The summed E-state index contributed by atoms with van der Waals surface area (Å²) in [6.07, 6.45) is 3.66. The van der Waals surface area contributed by atoms with Crippen LogP contribution in [0, 0.1) is 17.2 Å². The molecule has 5 nitrogen and oxygen atoms in total. The van der Waals surface area contributed by atoms with E-state index in [2.05, 4.69) is 31.3 Å². The lowest BCUT2D eigenvalue weighted by atomic mass is 9.69. The molecule has 0 fully saturated rings. The van der Waals surface area contributed by atoms with Crippen LogP contribution in [0.2, 0.25) is 5.02 Å². The monoisotopic (exact) mass is 458 g/mol. The minimum atomic E-state index is -0.644. The van der Waals surface area contributed by atoms with Gasteiger partial charge in [-0.25, -0.2) is 0 Å². The summed E-state index contributed by atoms with van der Waals surface area (Å²) in [5, 5.41) is 14.5. The van der Waals surface area contributed by atoms with Crippen LogP contribution in [0.25, 0.3) is 0 Å². The Morgan fingerprint density at radius 1 is 1.00 bits per heavy atom. The Bertz CT molecular complexity index is 885. The number of nitriles is 1. The number of hydrogen-bond acceptors (Lipinski definition) is 5. The molecule has 0 aliphatic carbocycles. The molecule has 0 heterocycles. The molecule has 0 amide bonds. The fraction of sp³-hybridized carbons (Fsp3) is 0.500. The summed E-state index contributed by atoms with van der Waals surface area (Å²) in [5.74, 6) is 1.80. The number of nitrogens with zero attached hydrogens (tertiary/aromatic N) is 1. The van der Waals surface area contributed by atoms with Gasteiger partial charge in [-0.1, -0.05) is 37.6 Å². The van der Waals surface area contributed by atoms with E-state index in [9.17, 15) is 5.26 Å². The number of hydrogen-bond donors (Lipinski definition) is 1. The third kappa shape index (κ3) is 6.31. The summed E-state index contributed by atoms with van der Waals surface area (Å²) in [5.41, 5.74) is 1.51. The Hall–Kier alpha value is -2.42. The van der Waals surface area contributed by atoms with E-state index in [1.54, 1.807) is 21.3 Å². The van der Waals surface area contributed by atoms with Crippen LogP contribution in [-0.4, -0.2) is 34.4 Å². The summed E-state index contributed by atoms with van der Waals surface area (Å²) in [7, 11) is 4.77. The maximum Gasteiger partial charge on any atom is 0.203 e. The normalized spacial score (nSPS) is 12.8. The van der Waals surface area contributed by atoms with Gasteiger partial charge in [-0.2, -0.15) is 5.26 Å². The number of methoxy groups -OCH3 is 3. The lowest BCUT2D eigenvalue weighted by molar-refractivity contribution is 0.316. The van der Waals surface area contributed by atoms with Crippen LogP contribution in [0.15, 0.2) is 36.4 Å². The number of halogens is 1. The average molecular weight is 459 g/mol. The standard InChI is InChI=1S/C26H35ClN2O3/c1-19(2)26(18-28,21-16-23(30-3)25(32-5)24(17-21)31-4)12-8-14-29-13-7-10-20-9-6-11-22(27)15-20/h6,9,11,15-17,19,29H,7-8,10,12-14H2,1-5H3. The predicted molar refractivity (Wildman–Crippen MR) is 130 cm³/mol. The second kappa shape index (κ2) is 12.6. The molecule has 0 aliphatic rings. The maximum absolute atomic E-state index is 10.2. The number of aryl methyl sites for hydroxylation is 1. The Kier molecular flexibility index (Phi) is 10.2. The van der Waals surface area contributed by atoms with Crippen molar-refractivity contribution in [1.29, 1.82) is 5.26 Å². The molecule has 0 radical (unpaired) electrons. The number of ether oxygens (including phenoxy) is 3. The van der Waals surface area contributed by atoms with Crippen molar-refractivity contribution in [3.63, 3.8) is 0 Å². The van der Waals surface area contributed by atoms with E-state index >= 15 is 0 Å². The van der Waals surface area contributed by atoms with Gasteiger partial charge >= 0.3 is 0 Å². The van der Waals surface area contributed by atoms with Gasteiger partial charge in [-0.05, 0) is 80.1 Å². The Morgan fingerprint density at radius 2 is 1.66 bits per heavy atom. The van der Waals surface area contributed by atoms with Crippen molar-refractivity contribution in [2.24, 2.45) is 5.92 Å². The van der Waals surface area contributed by atoms with Crippen LogP contribution >= 0.6 is 11.6 Å². The smallest absolute Gasteiger partial charge is 0.203 e. The molecule has 0 aromatic heterocycles. The fourth-order valence-corrected chi connectivity index (χ4v) is 4.29. The van der Waals surface area contributed by atoms with Crippen molar-refractivity contribution < 1.29 is 14.2 Å².